The fraction of sp³-hybridized carbons (Fsp3) is 0.417. The topological polar surface area (TPSA) is 55.6 Å². The minimum Gasteiger partial charge on any atom is -0.488 e. The molecule has 0 aliphatic carbocycles. The van der Waals surface area contributed by atoms with Gasteiger partial charge in [-0.15, -0.1) is 0 Å². The monoisotopic (exact) mass is 288 g/mol. The third-order valence-corrected chi connectivity index (χ3v) is 3.61. The zero-order chi connectivity index (χ0) is 13.1. The first-order valence-electron chi connectivity index (χ1n) is 5.69. The zero-order valence-corrected chi connectivity index (χ0v) is 11.2. The molecule has 1 aliphatic heterocycles. The molecule has 18 heavy (non-hydrogen) atoms. The van der Waals surface area contributed by atoms with Crippen LogP contribution in [0.15, 0.2) is 18.2 Å². The minimum atomic E-state index is -0.0461. The van der Waals surface area contributed by atoms with Gasteiger partial charge in [0, 0.05) is 19.0 Å². The van der Waals surface area contributed by atoms with Crippen LogP contribution in [0.4, 0.5) is 0 Å². The number of benzene rings is 1. The zero-order valence-electron chi connectivity index (χ0n) is 9.73. The molecule has 0 spiro atoms. The molecule has 1 heterocycles. The maximum atomic E-state index is 11.4. The summed E-state index contributed by atoms with van der Waals surface area (Å²) in [5, 5.41) is 0.956. The van der Waals surface area contributed by atoms with Gasteiger partial charge in [0.15, 0.2) is 0 Å². The number of rotatable bonds is 3. The Morgan fingerprint density at radius 3 is 2.89 bits per heavy atom. The molecular weight excluding hydrogens is 275 g/mol. The quantitative estimate of drug-likeness (QED) is 0.925. The molecule has 1 unspecified atom stereocenters. The van der Waals surface area contributed by atoms with Crippen LogP contribution in [0, 0.1) is 0 Å². The summed E-state index contributed by atoms with van der Waals surface area (Å²) in [6.07, 6.45) is 0.782. The molecule has 1 amide bonds. The van der Waals surface area contributed by atoms with E-state index in [1.807, 2.05) is 0 Å². The molecule has 0 aromatic heterocycles. The predicted molar refractivity (Wildman–Crippen MR) is 71.1 cm³/mol. The molecule has 1 aliphatic rings. The Kier molecular flexibility index (Phi) is 4.32. The van der Waals surface area contributed by atoms with Crippen molar-refractivity contribution in [2.45, 2.75) is 12.5 Å². The summed E-state index contributed by atoms with van der Waals surface area (Å²) in [6.45, 7) is 1.29. The molecule has 4 nitrogen and oxygen atoms in total. The number of nitrogens with two attached hydrogens (primary N) is 1. The van der Waals surface area contributed by atoms with Crippen LogP contribution in [0.2, 0.25) is 10.0 Å². The second kappa shape index (κ2) is 5.78. The molecule has 1 atom stereocenters. The van der Waals surface area contributed by atoms with Gasteiger partial charge in [-0.25, -0.2) is 0 Å². The van der Waals surface area contributed by atoms with Gasteiger partial charge in [0.2, 0.25) is 5.91 Å². The van der Waals surface area contributed by atoms with E-state index in [4.69, 9.17) is 33.7 Å². The number of carbonyl (C=O) groups is 1. The van der Waals surface area contributed by atoms with Crippen molar-refractivity contribution in [3.8, 4) is 5.75 Å². The minimum absolute atomic E-state index is 0.0160. The van der Waals surface area contributed by atoms with Gasteiger partial charge in [0.05, 0.1) is 23.1 Å². The van der Waals surface area contributed by atoms with Crippen LogP contribution >= 0.6 is 23.2 Å². The van der Waals surface area contributed by atoms with Crippen LogP contribution in [0.25, 0.3) is 0 Å². The predicted octanol–water partition coefficient (Wildman–Crippen LogP) is 1.93. The normalized spacial score (nSPS) is 19.1. The van der Waals surface area contributed by atoms with Gasteiger partial charge in [-0.1, -0.05) is 23.2 Å². The highest BCUT2D eigenvalue weighted by atomic mass is 35.5. The van der Waals surface area contributed by atoms with E-state index in [1.54, 1.807) is 23.1 Å². The molecule has 1 fully saturated rings. The van der Waals surface area contributed by atoms with Crippen LogP contribution < -0.4 is 10.5 Å². The first-order chi connectivity index (χ1) is 8.60. The Morgan fingerprint density at radius 1 is 1.44 bits per heavy atom. The molecule has 1 aromatic rings. The highest BCUT2D eigenvalue weighted by Crippen LogP contribution is 2.27. The molecule has 6 heteroatoms. The summed E-state index contributed by atoms with van der Waals surface area (Å²) in [5.41, 5.74) is 5.32. The van der Waals surface area contributed by atoms with E-state index in [2.05, 4.69) is 0 Å². The van der Waals surface area contributed by atoms with Gasteiger partial charge in [-0.3, -0.25) is 4.79 Å². The lowest BCUT2D eigenvalue weighted by Gasteiger charge is -2.16. The van der Waals surface area contributed by atoms with Crippen LogP contribution in [-0.2, 0) is 4.79 Å². The summed E-state index contributed by atoms with van der Waals surface area (Å²) < 4.78 is 5.76. The smallest absolute Gasteiger partial charge is 0.236 e. The molecule has 0 bridgehead atoms. The Morgan fingerprint density at radius 2 is 2.22 bits per heavy atom. The molecule has 2 N–H and O–H groups in total. The highest BCUT2D eigenvalue weighted by Gasteiger charge is 2.26. The number of hydrogen-bond donors (Lipinski definition) is 1. The number of amides is 1. The maximum Gasteiger partial charge on any atom is 0.236 e. The van der Waals surface area contributed by atoms with Gasteiger partial charge in [-0.05, 0) is 12.1 Å². The fourth-order valence-electron chi connectivity index (χ4n) is 1.92. The van der Waals surface area contributed by atoms with Crippen LogP contribution in [-0.4, -0.2) is 36.5 Å². The van der Waals surface area contributed by atoms with Crippen molar-refractivity contribution in [1.29, 1.82) is 0 Å². The lowest BCUT2D eigenvalue weighted by molar-refractivity contribution is -0.128. The number of halogens is 2. The average molecular weight is 289 g/mol. The summed E-state index contributed by atoms with van der Waals surface area (Å²) in [7, 11) is 0. The van der Waals surface area contributed by atoms with E-state index in [0.29, 0.717) is 28.9 Å². The first-order valence-corrected chi connectivity index (χ1v) is 6.45. The number of likely N-dealkylation sites (tertiary alicyclic amines) is 1. The Balaban J connectivity index is 1.95. The third-order valence-electron chi connectivity index (χ3n) is 2.87. The molecule has 98 valence electrons. The Labute approximate surface area is 116 Å². The third kappa shape index (κ3) is 3.07. The second-order valence-electron chi connectivity index (χ2n) is 4.15. The van der Waals surface area contributed by atoms with Crippen molar-refractivity contribution in [2.75, 3.05) is 19.6 Å². The molecule has 1 saturated heterocycles. The number of ether oxygens (including phenoxy) is 1. The SMILES string of the molecule is NCC(=O)N1CCC(Oc2ccc(Cl)c(Cl)c2)C1. The van der Waals surface area contributed by atoms with Crippen molar-refractivity contribution in [2.24, 2.45) is 5.73 Å². The van der Waals surface area contributed by atoms with E-state index in [1.165, 1.54) is 0 Å². The lowest BCUT2D eigenvalue weighted by Crippen LogP contribution is -2.35. The van der Waals surface area contributed by atoms with Crippen LogP contribution in [0.5, 0.6) is 5.75 Å². The number of hydrogen-bond acceptors (Lipinski definition) is 3. The van der Waals surface area contributed by atoms with Gasteiger partial charge in [-0.2, -0.15) is 0 Å². The van der Waals surface area contributed by atoms with Crippen molar-refractivity contribution in [3.63, 3.8) is 0 Å². The van der Waals surface area contributed by atoms with Crippen molar-refractivity contribution < 1.29 is 9.53 Å². The van der Waals surface area contributed by atoms with Gasteiger partial charge >= 0.3 is 0 Å². The summed E-state index contributed by atoms with van der Waals surface area (Å²) in [6, 6.07) is 5.13. The molecule has 0 saturated carbocycles. The van der Waals surface area contributed by atoms with Gasteiger partial charge < -0.3 is 15.4 Å². The van der Waals surface area contributed by atoms with Gasteiger partial charge in [0.1, 0.15) is 11.9 Å². The lowest BCUT2D eigenvalue weighted by atomic mass is 10.3. The average Bonchev–Trinajstić information content (AvgIpc) is 2.81. The van der Waals surface area contributed by atoms with Crippen LogP contribution in [0.3, 0.4) is 0 Å². The molecular formula is C12H14Cl2N2O2. The van der Waals surface area contributed by atoms with Crippen LogP contribution in [0.1, 0.15) is 6.42 Å². The van der Waals surface area contributed by atoms with Crippen molar-refractivity contribution in [3.05, 3.63) is 28.2 Å². The summed E-state index contributed by atoms with van der Waals surface area (Å²) >= 11 is 11.7. The largest absolute Gasteiger partial charge is 0.488 e. The van der Waals surface area contributed by atoms with E-state index in [0.717, 1.165) is 6.42 Å². The number of carbonyl (C=O) groups excluding carboxylic acids is 1. The highest BCUT2D eigenvalue weighted by molar-refractivity contribution is 6.42. The molecule has 2 rings (SSSR count). The van der Waals surface area contributed by atoms with E-state index < -0.39 is 0 Å². The maximum absolute atomic E-state index is 11.4. The molecule has 0 radical (unpaired) electrons. The summed E-state index contributed by atoms with van der Waals surface area (Å²) in [5.74, 6) is 0.617. The van der Waals surface area contributed by atoms with Crippen molar-refractivity contribution >= 4 is 29.1 Å². The summed E-state index contributed by atoms with van der Waals surface area (Å²) in [4.78, 5) is 13.1. The fourth-order valence-corrected chi connectivity index (χ4v) is 2.21. The van der Waals surface area contributed by atoms with E-state index in [9.17, 15) is 4.79 Å². The Bertz CT molecular complexity index is 454. The van der Waals surface area contributed by atoms with E-state index >= 15 is 0 Å². The first kappa shape index (κ1) is 13.5. The second-order valence-corrected chi connectivity index (χ2v) is 4.96. The standard InChI is InChI=1S/C12H14Cl2N2O2/c13-10-2-1-8(5-11(10)14)18-9-3-4-16(7-9)12(17)6-15/h1-2,5,9H,3-4,6-7,15H2. The number of nitrogens with zero attached hydrogens (tertiary/aromatic N) is 1. The molecule has 1 aromatic carbocycles. The van der Waals surface area contributed by atoms with E-state index in [-0.39, 0.29) is 18.6 Å². The Hall–Kier alpha value is -0.970. The van der Waals surface area contributed by atoms with Gasteiger partial charge in [0.25, 0.3) is 0 Å². The van der Waals surface area contributed by atoms with Crippen molar-refractivity contribution in [1.82, 2.24) is 4.90 Å².